The summed E-state index contributed by atoms with van der Waals surface area (Å²) in [5.41, 5.74) is 6.29. The number of halogens is 1. The summed E-state index contributed by atoms with van der Waals surface area (Å²) >= 11 is 0. The fraction of sp³-hybridized carbons (Fsp3) is 0.455. The van der Waals surface area contributed by atoms with Crippen LogP contribution in [-0.2, 0) is 11.3 Å². The second-order valence-corrected chi connectivity index (χ2v) is 4.13. The maximum Gasteiger partial charge on any atom is 0.169 e. The fourth-order valence-corrected chi connectivity index (χ4v) is 1.89. The Morgan fingerprint density at radius 3 is 3.22 bits per heavy atom. The number of hydrogen-bond acceptors (Lipinski definition) is 5. The van der Waals surface area contributed by atoms with Gasteiger partial charge < -0.3 is 15.7 Å². The van der Waals surface area contributed by atoms with Crippen molar-refractivity contribution in [3.63, 3.8) is 0 Å². The summed E-state index contributed by atoms with van der Waals surface area (Å²) in [5.74, 6) is -0.300. The number of pyridine rings is 1. The van der Waals surface area contributed by atoms with Crippen LogP contribution in [0.1, 0.15) is 5.56 Å². The molecule has 3 N–H and O–H groups in total. The van der Waals surface area contributed by atoms with Gasteiger partial charge in [0.2, 0.25) is 0 Å². The van der Waals surface area contributed by atoms with E-state index in [9.17, 15) is 4.39 Å². The minimum Gasteiger partial charge on any atom is -0.409 e. The van der Waals surface area contributed by atoms with Gasteiger partial charge in [-0.15, -0.1) is 0 Å². The second-order valence-electron chi connectivity index (χ2n) is 4.13. The number of nitrogens with two attached hydrogens (primary N) is 1. The van der Waals surface area contributed by atoms with E-state index in [0.29, 0.717) is 26.2 Å². The molecule has 2 heterocycles. The van der Waals surface area contributed by atoms with Gasteiger partial charge >= 0.3 is 0 Å². The van der Waals surface area contributed by atoms with Crippen molar-refractivity contribution in [2.45, 2.75) is 12.6 Å². The predicted octanol–water partition coefficient (Wildman–Crippen LogP) is 0.168. The summed E-state index contributed by atoms with van der Waals surface area (Å²) in [6.45, 7) is 2.27. The molecule has 0 bridgehead atoms. The van der Waals surface area contributed by atoms with Gasteiger partial charge in [-0.25, -0.2) is 4.39 Å². The molecule has 0 amide bonds. The Morgan fingerprint density at radius 2 is 2.50 bits per heavy atom. The lowest BCUT2D eigenvalue weighted by molar-refractivity contribution is 0.00135. The van der Waals surface area contributed by atoms with E-state index in [-0.39, 0.29) is 11.7 Å². The predicted molar refractivity (Wildman–Crippen MR) is 62.6 cm³/mol. The minimum absolute atomic E-state index is 0.0528. The molecular weight excluding hydrogens is 239 g/mol. The van der Waals surface area contributed by atoms with Crippen LogP contribution in [0.4, 0.5) is 4.39 Å². The Hall–Kier alpha value is -1.73. The van der Waals surface area contributed by atoms with E-state index < -0.39 is 6.10 Å². The summed E-state index contributed by atoms with van der Waals surface area (Å²) in [6.07, 6.45) is 2.37. The molecule has 1 atom stereocenters. The molecule has 0 saturated carbocycles. The monoisotopic (exact) mass is 254 g/mol. The van der Waals surface area contributed by atoms with Crippen LogP contribution < -0.4 is 5.73 Å². The normalized spacial score (nSPS) is 22.1. The SMILES string of the molecule is N/C(=N/O)C1CN(Cc2cncc(F)c2)CCO1. The molecule has 1 aliphatic rings. The molecule has 98 valence electrons. The van der Waals surface area contributed by atoms with Crippen molar-refractivity contribution in [1.82, 2.24) is 9.88 Å². The molecule has 1 unspecified atom stereocenters. The first-order valence-electron chi connectivity index (χ1n) is 5.60. The van der Waals surface area contributed by atoms with E-state index in [1.54, 1.807) is 6.20 Å². The van der Waals surface area contributed by atoms with E-state index in [2.05, 4.69) is 10.1 Å². The molecule has 1 aromatic heterocycles. The third-order valence-electron chi connectivity index (χ3n) is 2.76. The molecule has 1 aliphatic heterocycles. The van der Waals surface area contributed by atoms with Gasteiger partial charge in [0, 0.05) is 25.8 Å². The number of ether oxygens (including phenoxy) is 1. The third-order valence-corrected chi connectivity index (χ3v) is 2.76. The second kappa shape index (κ2) is 5.74. The summed E-state index contributed by atoms with van der Waals surface area (Å²) in [6, 6.07) is 1.45. The number of aromatic nitrogens is 1. The van der Waals surface area contributed by atoms with Crippen LogP contribution in [0.15, 0.2) is 23.6 Å². The van der Waals surface area contributed by atoms with Crippen LogP contribution in [0.5, 0.6) is 0 Å². The molecule has 1 fully saturated rings. The zero-order valence-electron chi connectivity index (χ0n) is 9.79. The van der Waals surface area contributed by atoms with Crippen molar-refractivity contribution in [3.8, 4) is 0 Å². The Bertz CT molecular complexity index is 441. The highest BCUT2D eigenvalue weighted by Gasteiger charge is 2.23. The minimum atomic E-state index is -0.426. The van der Waals surface area contributed by atoms with Crippen molar-refractivity contribution in [2.24, 2.45) is 10.9 Å². The maximum atomic E-state index is 13.0. The zero-order chi connectivity index (χ0) is 13.0. The first-order valence-corrected chi connectivity index (χ1v) is 5.60. The molecule has 2 rings (SSSR count). The number of hydrogen-bond donors (Lipinski definition) is 2. The van der Waals surface area contributed by atoms with Gasteiger partial charge in [-0.2, -0.15) is 0 Å². The van der Waals surface area contributed by atoms with E-state index in [0.717, 1.165) is 5.56 Å². The van der Waals surface area contributed by atoms with Gasteiger partial charge in [0.15, 0.2) is 5.84 Å². The lowest BCUT2D eigenvalue weighted by Gasteiger charge is -2.32. The van der Waals surface area contributed by atoms with Crippen LogP contribution in [0, 0.1) is 5.82 Å². The van der Waals surface area contributed by atoms with Crippen LogP contribution in [-0.4, -0.2) is 46.7 Å². The highest BCUT2D eigenvalue weighted by molar-refractivity contribution is 5.84. The average Bonchev–Trinajstić information content (AvgIpc) is 2.38. The van der Waals surface area contributed by atoms with Crippen LogP contribution >= 0.6 is 0 Å². The van der Waals surface area contributed by atoms with E-state index >= 15 is 0 Å². The maximum absolute atomic E-state index is 13.0. The quantitative estimate of drug-likeness (QED) is 0.347. The van der Waals surface area contributed by atoms with Crippen molar-refractivity contribution < 1.29 is 14.3 Å². The van der Waals surface area contributed by atoms with Gasteiger partial charge in [0.1, 0.15) is 11.9 Å². The van der Waals surface area contributed by atoms with Crippen molar-refractivity contribution >= 4 is 5.84 Å². The average molecular weight is 254 g/mol. The Labute approximate surface area is 104 Å². The molecule has 0 radical (unpaired) electrons. The largest absolute Gasteiger partial charge is 0.409 e. The number of nitrogens with zero attached hydrogens (tertiary/aromatic N) is 3. The molecule has 1 aromatic rings. The molecule has 0 aromatic carbocycles. The smallest absolute Gasteiger partial charge is 0.169 e. The Kier molecular flexibility index (Phi) is 4.06. The van der Waals surface area contributed by atoms with Gasteiger partial charge in [0.05, 0.1) is 12.8 Å². The Balaban J connectivity index is 1.97. The standard InChI is InChI=1S/C11H15FN4O2/c12-9-3-8(4-14-5-9)6-16-1-2-18-10(7-16)11(13)15-17/h3-5,10,17H,1-2,6-7H2,(H2,13,15). The first-order chi connectivity index (χ1) is 8.69. The van der Waals surface area contributed by atoms with Crippen molar-refractivity contribution in [1.29, 1.82) is 0 Å². The molecule has 6 nitrogen and oxygen atoms in total. The lowest BCUT2D eigenvalue weighted by Crippen LogP contribution is -2.48. The van der Waals surface area contributed by atoms with E-state index in [4.69, 9.17) is 15.7 Å². The number of amidine groups is 1. The first kappa shape index (κ1) is 12.7. The van der Waals surface area contributed by atoms with E-state index in [1.807, 2.05) is 4.90 Å². The number of oxime groups is 1. The number of morpholine rings is 1. The van der Waals surface area contributed by atoms with Crippen LogP contribution in [0.3, 0.4) is 0 Å². The summed E-state index contributed by atoms with van der Waals surface area (Å²) in [7, 11) is 0. The highest BCUT2D eigenvalue weighted by Crippen LogP contribution is 2.10. The number of rotatable bonds is 3. The van der Waals surface area contributed by atoms with Crippen molar-refractivity contribution in [2.75, 3.05) is 19.7 Å². The van der Waals surface area contributed by atoms with Gasteiger partial charge in [0.25, 0.3) is 0 Å². The van der Waals surface area contributed by atoms with E-state index in [1.165, 1.54) is 12.3 Å². The molecule has 0 aliphatic carbocycles. The van der Waals surface area contributed by atoms with Gasteiger partial charge in [-0.3, -0.25) is 9.88 Å². The van der Waals surface area contributed by atoms with Crippen LogP contribution in [0.25, 0.3) is 0 Å². The molecule has 0 spiro atoms. The highest BCUT2D eigenvalue weighted by atomic mass is 19.1. The summed E-state index contributed by atoms with van der Waals surface area (Å²) in [5, 5.41) is 11.5. The zero-order valence-corrected chi connectivity index (χ0v) is 9.79. The summed E-state index contributed by atoms with van der Waals surface area (Å²) in [4.78, 5) is 5.84. The van der Waals surface area contributed by atoms with Gasteiger partial charge in [-0.1, -0.05) is 5.16 Å². The molecule has 1 saturated heterocycles. The molecule has 18 heavy (non-hydrogen) atoms. The Morgan fingerprint density at radius 1 is 1.67 bits per heavy atom. The topological polar surface area (TPSA) is 84.0 Å². The molecule has 7 heteroatoms. The van der Waals surface area contributed by atoms with Gasteiger partial charge in [-0.05, 0) is 11.6 Å². The van der Waals surface area contributed by atoms with Crippen LogP contribution in [0.2, 0.25) is 0 Å². The lowest BCUT2D eigenvalue weighted by atomic mass is 10.2. The van der Waals surface area contributed by atoms with Crippen molar-refractivity contribution in [3.05, 3.63) is 29.8 Å². The summed E-state index contributed by atoms with van der Waals surface area (Å²) < 4.78 is 18.4. The third kappa shape index (κ3) is 3.14. The molecular formula is C11H15FN4O2. The fourth-order valence-electron chi connectivity index (χ4n) is 1.89.